The van der Waals surface area contributed by atoms with E-state index in [0.717, 1.165) is 13.2 Å². The third kappa shape index (κ3) is 5.64. The number of alkyl halides is 3. The number of carbonyl (C=O) groups excluding carboxylic acids is 1. The van der Waals surface area contributed by atoms with Crippen molar-refractivity contribution >= 4 is 17.3 Å². The van der Waals surface area contributed by atoms with Crippen LogP contribution >= 0.6 is 0 Å². The van der Waals surface area contributed by atoms with E-state index in [4.69, 9.17) is 0 Å². The van der Waals surface area contributed by atoms with Crippen molar-refractivity contribution in [1.29, 1.82) is 0 Å². The van der Waals surface area contributed by atoms with Crippen LogP contribution in [0.5, 0.6) is 0 Å². The molecule has 0 radical (unpaired) electrons. The topological polar surface area (TPSA) is 61.4 Å². The monoisotopic (exact) mass is 369 g/mol. The van der Waals surface area contributed by atoms with E-state index in [1.165, 1.54) is 0 Å². The SMILES string of the molecule is COC(=O)C[C@H](N[S+]([O-])C(C)(C)C)c1ccc(F)c(C(F)(F)F)c1. The van der Waals surface area contributed by atoms with Crippen molar-refractivity contribution in [3.8, 4) is 0 Å². The zero-order valence-corrected chi connectivity index (χ0v) is 14.5. The highest BCUT2D eigenvalue weighted by molar-refractivity contribution is 7.90. The molecule has 1 N–H and O–H groups in total. The summed E-state index contributed by atoms with van der Waals surface area (Å²) in [5.74, 6) is -2.11. The van der Waals surface area contributed by atoms with Gasteiger partial charge >= 0.3 is 12.1 Å². The molecule has 0 amide bonds. The van der Waals surface area contributed by atoms with Gasteiger partial charge < -0.3 is 9.29 Å². The quantitative estimate of drug-likeness (QED) is 0.490. The lowest BCUT2D eigenvalue weighted by Gasteiger charge is -2.28. The van der Waals surface area contributed by atoms with Crippen LogP contribution in [-0.4, -0.2) is 22.4 Å². The van der Waals surface area contributed by atoms with Gasteiger partial charge in [-0.2, -0.15) is 13.2 Å². The lowest BCUT2D eigenvalue weighted by Crippen LogP contribution is -2.42. The zero-order valence-electron chi connectivity index (χ0n) is 13.7. The van der Waals surface area contributed by atoms with Crippen molar-refractivity contribution in [3.05, 3.63) is 35.1 Å². The van der Waals surface area contributed by atoms with Gasteiger partial charge in [-0.25, -0.2) is 4.39 Å². The maximum atomic E-state index is 13.4. The van der Waals surface area contributed by atoms with Crippen LogP contribution in [0.15, 0.2) is 18.2 Å². The number of benzene rings is 1. The summed E-state index contributed by atoms with van der Waals surface area (Å²) in [5.41, 5.74) is -1.45. The highest BCUT2D eigenvalue weighted by Crippen LogP contribution is 2.34. The molecule has 0 saturated carbocycles. The van der Waals surface area contributed by atoms with Crippen LogP contribution in [0.2, 0.25) is 0 Å². The summed E-state index contributed by atoms with van der Waals surface area (Å²) in [4.78, 5) is 11.5. The number of ether oxygens (including phenoxy) is 1. The first-order chi connectivity index (χ1) is 10.9. The molecule has 136 valence electrons. The van der Waals surface area contributed by atoms with Gasteiger partial charge in [0, 0.05) is 11.4 Å². The number of hydrogen-bond acceptors (Lipinski definition) is 4. The molecule has 0 aromatic heterocycles. The highest BCUT2D eigenvalue weighted by Gasteiger charge is 2.36. The molecule has 1 unspecified atom stereocenters. The molecular weight excluding hydrogens is 350 g/mol. The molecule has 0 fully saturated rings. The predicted molar refractivity (Wildman–Crippen MR) is 81.8 cm³/mol. The first-order valence-corrected chi connectivity index (χ1v) is 8.12. The van der Waals surface area contributed by atoms with Gasteiger partial charge in [-0.15, -0.1) is 4.72 Å². The summed E-state index contributed by atoms with van der Waals surface area (Å²) in [6.07, 6.45) is -5.22. The molecule has 2 atom stereocenters. The number of carbonyl (C=O) groups is 1. The third-order valence-electron chi connectivity index (χ3n) is 3.10. The van der Waals surface area contributed by atoms with Gasteiger partial charge in [-0.05, 0) is 38.5 Å². The summed E-state index contributed by atoms with van der Waals surface area (Å²) in [7, 11) is 1.13. The van der Waals surface area contributed by atoms with Gasteiger partial charge in [0.2, 0.25) is 0 Å². The second-order valence-electron chi connectivity index (χ2n) is 6.07. The standard InChI is InChI=1S/C15H19F4NO3S/c1-14(2,3)24(22)20-12(8-13(21)23-4)9-5-6-11(16)10(7-9)15(17,18)19/h5-7,12,20H,8H2,1-4H3/t12-,24?/m0/s1. The van der Waals surface area contributed by atoms with Crippen LogP contribution in [0, 0.1) is 5.82 Å². The van der Waals surface area contributed by atoms with Gasteiger partial charge in [0.1, 0.15) is 10.6 Å². The first kappa shape index (κ1) is 20.7. The maximum absolute atomic E-state index is 13.4. The minimum atomic E-state index is -4.88. The fourth-order valence-corrected chi connectivity index (χ4v) is 2.59. The molecule has 0 aliphatic heterocycles. The Bertz CT molecular complexity index is 587. The Labute approximate surface area is 140 Å². The average Bonchev–Trinajstić information content (AvgIpc) is 2.44. The molecule has 0 aliphatic rings. The molecule has 0 spiro atoms. The van der Waals surface area contributed by atoms with E-state index < -0.39 is 45.7 Å². The number of methoxy groups -OCH3 is 1. The predicted octanol–water partition coefficient (Wildman–Crippen LogP) is 3.50. The third-order valence-corrected chi connectivity index (χ3v) is 4.71. The minimum Gasteiger partial charge on any atom is -0.598 e. The molecule has 1 aromatic rings. The number of halogens is 4. The second kappa shape index (κ2) is 7.71. The number of nitrogens with one attached hydrogen (secondary N) is 1. The Morgan fingerprint density at radius 1 is 1.33 bits per heavy atom. The van der Waals surface area contributed by atoms with Crippen LogP contribution in [0.4, 0.5) is 17.6 Å². The van der Waals surface area contributed by atoms with Crippen LogP contribution in [0.3, 0.4) is 0 Å². The van der Waals surface area contributed by atoms with E-state index in [1.807, 2.05) is 0 Å². The number of esters is 1. The first-order valence-electron chi connectivity index (χ1n) is 6.97. The van der Waals surface area contributed by atoms with Crippen LogP contribution < -0.4 is 4.72 Å². The fourth-order valence-electron chi connectivity index (χ4n) is 1.76. The summed E-state index contributed by atoms with van der Waals surface area (Å²) >= 11 is -1.65. The minimum absolute atomic E-state index is 0.00766. The Hall–Kier alpha value is -1.32. The van der Waals surface area contributed by atoms with Crippen LogP contribution in [-0.2, 0) is 27.1 Å². The Balaban J connectivity index is 3.22. The van der Waals surface area contributed by atoms with Crippen molar-refractivity contribution in [2.24, 2.45) is 0 Å². The zero-order chi connectivity index (χ0) is 18.7. The summed E-state index contributed by atoms with van der Waals surface area (Å²) in [6.45, 7) is 4.99. The van der Waals surface area contributed by atoms with E-state index in [2.05, 4.69) is 9.46 Å². The molecule has 0 heterocycles. The van der Waals surface area contributed by atoms with Crippen molar-refractivity contribution in [2.75, 3.05) is 7.11 Å². The van der Waals surface area contributed by atoms with Crippen molar-refractivity contribution in [1.82, 2.24) is 4.72 Å². The smallest absolute Gasteiger partial charge is 0.419 e. The lowest BCUT2D eigenvalue weighted by molar-refractivity contribution is -0.141. The molecule has 1 rings (SSSR count). The summed E-state index contributed by atoms with van der Waals surface area (Å²) in [5, 5.41) is 0. The molecule has 0 aliphatic carbocycles. The lowest BCUT2D eigenvalue weighted by atomic mass is 10.0. The molecule has 24 heavy (non-hydrogen) atoms. The highest BCUT2D eigenvalue weighted by atomic mass is 32.2. The molecule has 9 heteroatoms. The number of rotatable bonds is 5. The summed E-state index contributed by atoms with van der Waals surface area (Å²) in [6, 6.07) is 1.38. The van der Waals surface area contributed by atoms with E-state index >= 15 is 0 Å². The van der Waals surface area contributed by atoms with Gasteiger partial charge in [-0.3, -0.25) is 4.79 Å². The largest absolute Gasteiger partial charge is 0.598 e. The van der Waals surface area contributed by atoms with Crippen LogP contribution in [0.1, 0.15) is 44.4 Å². The van der Waals surface area contributed by atoms with Crippen molar-refractivity contribution in [2.45, 2.75) is 44.2 Å². The van der Waals surface area contributed by atoms with E-state index in [-0.39, 0.29) is 12.0 Å². The van der Waals surface area contributed by atoms with Crippen LogP contribution in [0.25, 0.3) is 0 Å². The Morgan fingerprint density at radius 3 is 2.38 bits per heavy atom. The van der Waals surface area contributed by atoms with E-state index in [9.17, 15) is 26.9 Å². The maximum Gasteiger partial charge on any atom is 0.419 e. The summed E-state index contributed by atoms with van der Waals surface area (Å²) < 4.78 is 70.6. The molecule has 0 saturated heterocycles. The number of hydrogen-bond donors (Lipinski definition) is 1. The average molecular weight is 369 g/mol. The van der Waals surface area contributed by atoms with Gasteiger partial charge in [-0.1, -0.05) is 6.07 Å². The van der Waals surface area contributed by atoms with Gasteiger partial charge in [0.25, 0.3) is 0 Å². The van der Waals surface area contributed by atoms with Gasteiger partial charge in [0.15, 0.2) is 0 Å². The van der Waals surface area contributed by atoms with Crippen molar-refractivity contribution in [3.63, 3.8) is 0 Å². The van der Waals surface area contributed by atoms with Crippen molar-refractivity contribution < 1.29 is 31.6 Å². The Kier molecular flexibility index (Phi) is 6.66. The van der Waals surface area contributed by atoms with Gasteiger partial charge in [0.05, 0.1) is 25.1 Å². The second-order valence-corrected chi connectivity index (χ2v) is 8.07. The molecule has 1 aromatic carbocycles. The van der Waals surface area contributed by atoms with E-state index in [1.54, 1.807) is 20.8 Å². The fraction of sp³-hybridized carbons (Fsp3) is 0.533. The Morgan fingerprint density at radius 2 is 1.92 bits per heavy atom. The molecule has 0 bridgehead atoms. The molecular formula is C15H19F4NO3S. The normalized spacial score (nSPS) is 15.0. The van der Waals surface area contributed by atoms with E-state index in [0.29, 0.717) is 12.1 Å². The molecule has 4 nitrogen and oxygen atoms in total.